The van der Waals surface area contributed by atoms with Crippen molar-refractivity contribution in [1.29, 1.82) is 0 Å². The van der Waals surface area contributed by atoms with E-state index >= 15 is 0 Å². The Morgan fingerprint density at radius 2 is 1.92 bits per heavy atom. The number of amides is 2. The lowest BCUT2D eigenvalue weighted by Gasteiger charge is -2.47. The zero-order valence-electron chi connectivity index (χ0n) is 15.6. The predicted molar refractivity (Wildman–Crippen MR) is 96.4 cm³/mol. The van der Waals surface area contributed by atoms with Crippen LogP contribution in [0.4, 0.5) is 0 Å². The van der Waals surface area contributed by atoms with Crippen molar-refractivity contribution in [3.63, 3.8) is 0 Å². The number of hydrogen-bond acceptors (Lipinski definition) is 4. The van der Waals surface area contributed by atoms with Crippen molar-refractivity contribution >= 4 is 21.9 Å². The molecule has 0 saturated carbocycles. The van der Waals surface area contributed by atoms with E-state index in [0.29, 0.717) is 50.8 Å². The van der Waals surface area contributed by atoms with E-state index in [4.69, 9.17) is 0 Å². The fraction of sp³-hybridized carbons (Fsp3) is 0.765. The van der Waals surface area contributed by atoms with Gasteiger partial charge in [0, 0.05) is 30.5 Å². The number of unbranched alkanes of at least 4 members (excludes halogenated alkanes) is 1. The highest BCUT2D eigenvalue weighted by Crippen LogP contribution is 2.45. The zero-order valence-corrected chi connectivity index (χ0v) is 16.4. The van der Waals surface area contributed by atoms with Crippen molar-refractivity contribution in [1.82, 2.24) is 10.2 Å². The molecule has 1 aliphatic heterocycles. The third-order valence-electron chi connectivity index (χ3n) is 5.25. The molecule has 7 nitrogen and oxygen atoms in total. The first kappa shape index (κ1) is 21.6. The molecule has 0 aromatic heterocycles. The molecule has 0 aromatic carbocycles. The normalized spacial score (nSPS) is 18.1. The second-order valence-corrected chi connectivity index (χ2v) is 9.23. The fourth-order valence-electron chi connectivity index (χ4n) is 3.23. The first-order chi connectivity index (χ1) is 11.3. The topological polar surface area (TPSA) is 104 Å². The Labute approximate surface area is 150 Å². The van der Waals surface area contributed by atoms with Gasteiger partial charge in [0.1, 0.15) is 0 Å². The molecule has 1 atom stereocenters. The summed E-state index contributed by atoms with van der Waals surface area (Å²) in [7, 11) is -4.48. The number of rotatable bonds is 9. The molecule has 0 aliphatic carbocycles. The lowest BCUT2D eigenvalue weighted by Crippen LogP contribution is -2.61. The van der Waals surface area contributed by atoms with E-state index in [1.54, 1.807) is 20.8 Å². The highest BCUT2D eigenvalue weighted by molar-refractivity contribution is 7.87. The number of likely N-dealkylation sites (tertiary alicyclic amines) is 1. The highest BCUT2D eigenvalue weighted by atomic mass is 32.2. The second-order valence-electron chi connectivity index (χ2n) is 7.48. The largest absolute Gasteiger partial charge is 0.352 e. The third kappa shape index (κ3) is 4.61. The Bertz CT molecular complexity index is 641. The molecule has 2 amide bonds. The van der Waals surface area contributed by atoms with Crippen molar-refractivity contribution in [2.75, 3.05) is 13.1 Å². The predicted octanol–water partition coefficient (Wildman–Crippen LogP) is 2.10. The number of hydrogen-bond donors (Lipinski definition) is 2. The summed E-state index contributed by atoms with van der Waals surface area (Å²) in [5.74, 6) is -0.452. The third-order valence-corrected chi connectivity index (χ3v) is 7.03. The maximum atomic E-state index is 12.2. The lowest BCUT2D eigenvalue weighted by molar-refractivity contribution is -0.133. The van der Waals surface area contributed by atoms with Gasteiger partial charge in [0.05, 0.1) is 0 Å². The van der Waals surface area contributed by atoms with E-state index in [9.17, 15) is 22.6 Å². The number of nitrogens with one attached hydrogen (secondary N) is 1. The molecule has 25 heavy (non-hydrogen) atoms. The van der Waals surface area contributed by atoms with Gasteiger partial charge in [-0.25, -0.2) is 0 Å². The molecular weight excluding hydrogens is 344 g/mol. The molecule has 8 heteroatoms. The summed E-state index contributed by atoms with van der Waals surface area (Å²) in [5, 5.41) is 2.73. The summed E-state index contributed by atoms with van der Waals surface area (Å²) in [6.07, 6.45) is 2.69. The minimum atomic E-state index is -4.48. The van der Waals surface area contributed by atoms with Crippen molar-refractivity contribution in [2.45, 2.75) is 64.7 Å². The summed E-state index contributed by atoms with van der Waals surface area (Å²) in [5.41, 5.74) is -0.411. The van der Waals surface area contributed by atoms with Crippen LogP contribution in [-0.4, -0.2) is 47.6 Å². The minimum absolute atomic E-state index is 0.204. The summed E-state index contributed by atoms with van der Waals surface area (Å²) >= 11 is 0. The van der Waals surface area contributed by atoms with Gasteiger partial charge in [-0.05, 0) is 33.1 Å². The van der Waals surface area contributed by atoms with Crippen LogP contribution >= 0.6 is 0 Å². The van der Waals surface area contributed by atoms with E-state index in [0.717, 1.165) is 0 Å². The van der Waals surface area contributed by atoms with Crippen LogP contribution in [0.2, 0.25) is 0 Å². The number of nitrogens with zero attached hydrogens (tertiary/aromatic N) is 1. The Morgan fingerprint density at radius 1 is 1.32 bits per heavy atom. The van der Waals surface area contributed by atoms with Crippen LogP contribution in [0, 0.1) is 5.41 Å². The quantitative estimate of drug-likeness (QED) is 0.365. The zero-order chi connectivity index (χ0) is 19.5. The molecular formula is C17H30N2O5S. The number of carbonyl (C=O) groups is 2. The monoisotopic (exact) mass is 374 g/mol. The molecule has 0 spiro atoms. The van der Waals surface area contributed by atoms with E-state index in [-0.39, 0.29) is 11.8 Å². The van der Waals surface area contributed by atoms with Gasteiger partial charge in [0.15, 0.2) is 4.87 Å². The molecule has 1 fully saturated rings. The summed E-state index contributed by atoms with van der Waals surface area (Å²) in [6, 6.07) is 0. The van der Waals surface area contributed by atoms with Crippen LogP contribution < -0.4 is 5.32 Å². The van der Waals surface area contributed by atoms with Gasteiger partial charge < -0.3 is 10.2 Å². The van der Waals surface area contributed by atoms with Crippen LogP contribution in [0.3, 0.4) is 0 Å². The van der Waals surface area contributed by atoms with Gasteiger partial charge in [-0.1, -0.05) is 26.8 Å². The first-order valence-electron chi connectivity index (χ1n) is 8.56. The van der Waals surface area contributed by atoms with E-state index in [2.05, 4.69) is 11.9 Å². The Hall–Kier alpha value is -1.41. The maximum absolute atomic E-state index is 12.2. The van der Waals surface area contributed by atoms with Crippen LogP contribution in [0.5, 0.6) is 0 Å². The average Bonchev–Trinajstić information content (AvgIpc) is 2.90. The molecule has 0 radical (unpaired) electrons. The van der Waals surface area contributed by atoms with Crippen molar-refractivity contribution < 1.29 is 22.6 Å². The first-order valence-corrected chi connectivity index (χ1v) is 10.00. The van der Waals surface area contributed by atoms with Gasteiger partial charge in [-0.15, -0.1) is 0 Å². The minimum Gasteiger partial charge on any atom is -0.352 e. The van der Waals surface area contributed by atoms with Gasteiger partial charge in [-0.2, -0.15) is 8.42 Å². The fourth-order valence-corrected chi connectivity index (χ4v) is 4.50. The lowest BCUT2D eigenvalue weighted by atomic mass is 9.79. The SMILES string of the molecule is C=C(C)C(=O)NCCCCC(C)(C)C(C)(N1CCCC1=O)S(=O)(=O)O. The van der Waals surface area contributed by atoms with Crippen molar-refractivity contribution in [3.8, 4) is 0 Å². The highest BCUT2D eigenvalue weighted by Gasteiger charge is 2.57. The van der Waals surface area contributed by atoms with Gasteiger partial charge in [-0.3, -0.25) is 14.1 Å². The Morgan fingerprint density at radius 3 is 2.36 bits per heavy atom. The summed E-state index contributed by atoms with van der Waals surface area (Å²) in [6.45, 7) is 10.9. The number of carbonyl (C=O) groups excluding carboxylic acids is 2. The Balaban J connectivity index is 2.79. The van der Waals surface area contributed by atoms with Crippen molar-refractivity contribution in [2.24, 2.45) is 5.41 Å². The molecule has 0 aromatic rings. The maximum Gasteiger partial charge on any atom is 0.289 e. The molecule has 1 heterocycles. The Kier molecular flexibility index (Phi) is 6.81. The smallest absolute Gasteiger partial charge is 0.289 e. The molecule has 1 saturated heterocycles. The van der Waals surface area contributed by atoms with Gasteiger partial charge in [0.25, 0.3) is 10.1 Å². The van der Waals surface area contributed by atoms with E-state index in [1.807, 2.05) is 0 Å². The van der Waals surface area contributed by atoms with Crippen LogP contribution in [0.15, 0.2) is 12.2 Å². The standard InChI is InChI=1S/C17H30N2O5S/c1-13(2)15(21)18-11-7-6-10-16(3,4)17(5,25(22,23)24)19-12-8-9-14(19)20/h1,6-12H2,2-5H3,(H,18,21)(H,22,23,24). The van der Waals surface area contributed by atoms with Gasteiger partial charge in [0.2, 0.25) is 11.8 Å². The average molecular weight is 375 g/mol. The summed E-state index contributed by atoms with van der Waals surface area (Å²) in [4.78, 5) is 23.2. The molecule has 0 bridgehead atoms. The second kappa shape index (κ2) is 7.86. The molecule has 2 N–H and O–H groups in total. The molecule has 1 unspecified atom stereocenters. The van der Waals surface area contributed by atoms with Crippen molar-refractivity contribution in [3.05, 3.63) is 12.2 Å². The van der Waals surface area contributed by atoms with E-state index < -0.39 is 20.4 Å². The summed E-state index contributed by atoms with van der Waals surface area (Å²) < 4.78 is 34.3. The van der Waals surface area contributed by atoms with Gasteiger partial charge >= 0.3 is 0 Å². The molecule has 144 valence electrons. The van der Waals surface area contributed by atoms with Crippen LogP contribution in [0.25, 0.3) is 0 Å². The van der Waals surface area contributed by atoms with Crippen LogP contribution in [0.1, 0.15) is 59.8 Å². The molecule has 1 rings (SSSR count). The van der Waals surface area contributed by atoms with Crippen LogP contribution in [-0.2, 0) is 19.7 Å². The van der Waals surface area contributed by atoms with E-state index in [1.165, 1.54) is 11.8 Å². The molecule has 1 aliphatic rings.